The summed E-state index contributed by atoms with van der Waals surface area (Å²) >= 11 is 0. The van der Waals surface area contributed by atoms with E-state index in [1.54, 1.807) is 21.5 Å². The van der Waals surface area contributed by atoms with E-state index in [-0.39, 0.29) is 12.0 Å². The number of nitrogens with zero attached hydrogens (tertiary/aromatic N) is 5. The van der Waals surface area contributed by atoms with Crippen molar-refractivity contribution >= 4 is 17.4 Å². The van der Waals surface area contributed by atoms with Gasteiger partial charge in [-0.1, -0.05) is 11.8 Å². The number of nitrogens with two attached hydrogens (primary N) is 1. The number of carbonyl (C=O) groups excluding carboxylic acids is 1. The third-order valence-corrected chi connectivity index (χ3v) is 5.41. The molecule has 0 saturated carbocycles. The summed E-state index contributed by atoms with van der Waals surface area (Å²) in [6.45, 7) is 6.70. The Morgan fingerprint density at radius 1 is 1.15 bits per heavy atom. The summed E-state index contributed by atoms with van der Waals surface area (Å²) in [6.07, 6.45) is 1.88. The number of rotatable bonds is 3. The van der Waals surface area contributed by atoms with Crippen LogP contribution in [0.5, 0.6) is 11.8 Å². The minimum absolute atomic E-state index is 0.0611. The molecule has 1 aliphatic rings. The molecule has 1 unspecified atom stereocenters. The van der Waals surface area contributed by atoms with Crippen LogP contribution in [0.15, 0.2) is 24.5 Å². The van der Waals surface area contributed by atoms with E-state index in [9.17, 15) is 4.79 Å². The molecule has 1 aliphatic heterocycles. The molecule has 0 bridgehead atoms. The number of nitrogen functional groups attached to an aromatic ring is 1. The van der Waals surface area contributed by atoms with Crippen LogP contribution in [-0.4, -0.2) is 63.5 Å². The molecule has 10 nitrogen and oxygen atoms in total. The molecular formula is C24H28N6O4. The van der Waals surface area contributed by atoms with Gasteiger partial charge in [0.25, 0.3) is 0 Å². The molecule has 1 saturated heterocycles. The van der Waals surface area contributed by atoms with E-state index < -0.39 is 5.60 Å². The summed E-state index contributed by atoms with van der Waals surface area (Å²) in [5.74, 6) is 7.51. The summed E-state index contributed by atoms with van der Waals surface area (Å²) in [5.41, 5.74) is 8.58. The first kappa shape index (κ1) is 23.2. The zero-order valence-electron chi connectivity index (χ0n) is 20.0. The number of methoxy groups -OCH3 is 2. The van der Waals surface area contributed by atoms with Crippen LogP contribution in [0, 0.1) is 11.8 Å². The van der Waals surface area contributed by atoms with Gasteiger partial charge in [-0.2, -0.15) is 10.1 Å². The van der Waals surface area contributed by atoms with E-state index in [2.05, 4.69) is 26.9 Å². The number of amides is 1. The number of carbonyl (C=O) groups is 1. The van der Waals surface area contributed by atoms with Crippen molar-refractivity contribution in [3.8, 4) is 23.6 Å². The van der Waals surface area contributed by atoms with Gasteiger partial charge < -0.3 is 24.8 Å². The molecule has 0 spiro atoms. The lowest BCUT2D eigenvalue weighted by atomic mass is 10.0. The van der Waals surface area contributed by atoms with Crippen molar-refractivity contribution in [2.24, 2.45) is 0 Å². The Morgan fingerprint density at radius 3 is 2.50 bits per heavy atom. The van der Waals surface area contributed by atoms with Gasteiger partial charge in [-0.05, 0) is 33.3 Å². The van der Waals surface area contributed by atoms with Crippen molar-refractivity contribution in [2.45, 2.75) is 38.7 Å². The quantitative estimate of drug-likeness (QED) is 0.588. The summed E-state index contributed by atoms with van der Waals surface area (Å²) in [6, 6.07) is 5.42. The zero-order chi connectivity index (χ0) is 24.5. The summed E-state index contributed by atoms with van der Waals surface area (Å²) in [7, 11) is 3.07. The second-order valence-corrected chi connectivity index (χ2v) is 8.99. The van der Waals surface area contributed by atoms with Crippen molar-refractivity contribution in [3.05, 3.63) is 41.3 Å². The van der Waals surface area contributed by atoms with Gasteiger partial charge in [0.15, 0.2) is 5.82 Å². The van der Waals surface area contributed by atoms with Gasteiger partial charge in [-0.15, -0.1) is 0 Å². The second kappa shape index (κ2) is 9.09. The zero-order valence-corrected chi connectivity index (χ0v) is 20.0. The summed E-state index contributed by atoms with van der Waals surface area (Å²) < 4.78 is 17.7. The van der Waals surface area contributed by atoms with Crippen LogP contribution >= 0.6 is 0 Å². The first-order valence-electron chi connectivity index (χ1n) is 10.9. The molecular weight excluding hydrogens is 436 g/mol. The molecule has 0 aromatic carbocycles. The van der Waals surface area contributed by atoms with Gasteiger partial charge in [0, 0.05) is 42.4 Å². The lowest BCUT2D eigenvalue weighted by Gasteiger charge is -2.24. The van der Waals surface area contributed by atoms with Gasteiger partial charge >= 0.3 is 6.09 Å². The first-order valence-corrected chi connectivity index (χ1v) is 10.9. The lowest BCUT2D eigenvalue weighted by molar-refractivity contribution is 0.0292. The molecule has 0 radical (unpaired) electrons. The van der Waals surface area contributed by atoms with Crippen molar-refractivity contribution in [1.29, 1.82) is 0 Å². The fourth-order valence-corrected chi connectivity index (χ4v) is 3.87. The third kappa shape index (κ3) is 4.83. The minimum Gasteiger partial charge on any atom is -0.481 e. The van der Waals surface area contributed by atoms with E-state index in [4.69, 9.17) is 19.9 Å². The van der Waals surface area contributed by atoms with E-state index >= 15 is 0 Å². The number of anilines is 1. The Labute approximate surface area is 198 Å². The van der Waals surface area contributed by atoms with Crippen LogP contribution in [0.2, 0.25) is 0 Å². The molecule has 3 aromatic heterocycles. The van der Waals surface area contributed by atoms with Crippen LogP contribution in [0.1, 0.15) is 49.9 Å². The molecule has 2 N–H and O–H groups in total. The van der Waals surface area contributed by atoms with E-state index in [0.29, 0.717) is 47.3 Å². The number of hydrogen-bond acceptors (Lipinski definition) is 8. The average molecular weight is 465 g/mol. The van der Waals surface area contributed by atoms with E-state index in [0.717, 1.165) is 12.1 Å². The SMILES string of the molecule is COc1cc(C#Cc2cc(C3CCN(C(=O)OC(C)(C)C)C3)n3ncnc(N)c23)cc(OC)n1. The van der Waals surface area contributed by atoms with E-state index in [1.807, 2.05) is 26.8 Å². The maximum atomic E-state index is 12.5. The molecule has 4 heterocycles. The van der Waals surface area contributed by atoms with Crippen LogP contribution < -0.4 is 15.2 Å². The lowest BCUT2D eigenvalue weighted by Crippen LogP contribution is -2.35. The maximum absolute atomic E-state index is 12.5. The third-order valence-electron chi connectivity index (χ3n) is 5.41. The molecule has 1 fully saturated rings. The van der Waals surface area contributed by atoms with Gasteiger partial charge in [-0.3, -0.25) is 0 Å². The highest BCUT2D eigenvalue weighted by Crippen LogP contribution is 2.32. The fourth-order valence-electron chi connectivity index (χ4n) is 3.87. The monoisotopic (exact) mass is 464 g/mol. The predicted octanol–water partition coefficient (Wildman–Crippen LogP) is 2.85. The number of pyridine rings is 1. The summed E-state index contributed by atoms with van der Waals surface area (Å²) in [5, 5.41) is 4.42. The Morgan fingerprint density at radius 2 is 1.85 bits per heavy atom. The van der Waals surface area contributed by atoms with Crippen LogP contribution in [-0.2, 0) is 4.74 Å². The topological polar surface area (TPSA) is 117 Å². The smallest absolute Gasteiger partial charge is 0.410 e. The average Bonchev–Trinajstić information content (AvgIpc) is 3.42. The first-order chi connectivity index (χ1) is 16.2. The van der Waals surface area contributed by atoms with Crippen molar-refractivity contribution in [1.82, 2.24) is 24.5 Å². The number of ether oxygens (including phenoxy) is 3. The molecule has 1 atom stereocenters. The molecule has 178 valence electrons. The standard InChI is InChI=1S/C24H28N6O4/c1-24(2,3)34-23(31)29-9-8-17(13-29)18-12-16(21-22(25)26-14-27-30(18)21)7-6-15-10-19(32-4)28-20(11-15)33-5/h10-12,14,17H,8-9,13H2,1-5H3,(H2,25,26,27). The largest absolute Gasteiger partial charge is 0.481 e. The molecule has 3 aromatic rings. The highest BCUT2D eigenvalue weighted by molar-refractivity contribution is 5.76. The Kier molecular flexibility index (Phi) is 6.20. The maximum Gasteiger partial charge on any atom is 0.410 e. The number of aromatic nitrogens is 4. The number of hydrogen-bond donors (Lipinski definition) is 1. The van der Waals surface area contributed by atoms with Gasteiger partial charge in [0.05, 0.1) is 19.8 Å². The molecule has 10 heteroatoms. The number of fused-ring (bicyclic) bond motifs is 1. The predicted molar refractivity (Wildman–Crippen MR) is 126 cm³/mol. The van der Waals surface area contributed by atoms with Crippen LogP contribution in [0.3, 0.4) is 0 Å². The second-order valence-electron chi connectivity index (χ2n) is 8.99. The van der Waals surface area contributed by atoms with Crippen LogP contribution in [0.25, 0.3) is 5.52 Å². The van der Waals surface area contributed by atoms with Crippen LogP contribution in [0.4, 0.5) is 10.6 Å². The van der Waals surface area contributed by atoms with Crippen molar-refractivity contribution in [2.75, 3.05) is 33.0 Å². The summed E-state index contributed by atoms with van der Waals surface area (Å²) in [4.78, 5) is 22.6. The van der Waals surface area contributed by atoms with Crippen molar-refractivity contribution < 1.29 is 19.0 Å². The minimum atomic E-state index is -0.542. The Bertz CT molecular complexity index is 1260. The molecule has 4 rings (SSSR count). The van der Waals surface area contributed by atoms with Gasteiger partial charge in [0.2, 0.25) is 11.8 Å². The van der Waals surface area contributed by atoms with E-state index in [1.165, 1.54) is 20.5 Å². The normalized spacial score (nSPS) is 15.7. The highest BCUT2D eigenvalue weighted by atomic mass is 16.6. The Hall–Kier alpha value is -4.00. The molecule has 34 heavy (non-hydrogen) atoms. The van der Waals surface area contributed by atoms with Crippen molar-refractivity contribution in [3.63, 3.8) is 0 Å². The number of likely N-dealkylation sites (tertiary alicyclic amines) is 1. The Balaban J connectivity index is 1.67. The van der Waals surface area contributed by atoms with Gasteiger partial charge in [0.1, 0.15) is 17.4 Å². The van der Waals surface area contributed by atoms with Gasteiger partial charge in [-0.25, -0.2) is 14.3 Å². The fraction of sp³-hybridized carbons (Fsp3) is 0.417. The highest BCUT2D eigenvalue weighted by Gasteiger charge is 2.32. The molecule has 1 amide bonds. The molecule has 0 aliphatic carbocycles.